The van der Waals surface area contributed by atoms with Crippen LogP contribution in [0.5, 0.6) is 0 Å². The van der Waals surface area contributed by atoms with E-state index in [0.717, 1.165) is 25.7 Å². The Morgan fingerprint density at radius 1 is 0.368 bits per heavy atom. The lowest BCUT2D eigenvalue weighted by atomic mass is 9.83. The summed E-state index contributed by atoms with van der Waals surface area (Å²) in [6.07, 6.45) is 13.7. The molecule has 4 N–H and O–H groups in total. The Hall–Kier alpha value is -0.0301. The molecule has 0 amide bonds. The Morgan fingerprint density at radius 3 is 0.789 bits per heavy atom. The topological polar surface area (TPSA) is 80.9 Å². The van der Waals surface area contributed by atoms with Crippen molar-refractivity contribution in [2.24, 2.45) is 0 Å². The van der Waals surface area contributed by atoms with Gasteiger partial charge in [-0.05, 0) is 12.6 Å². The molecule has 0 aliphatic rings. The first kappa shape index (κ1) is 19.0. The highest BCUT2D eigenvalue weighted by Crippen LogP contribution is 2.12. The third-order valence-corrected chi connectivity index (χ3v) is 3.42. The van der Waals surface area contributed by atoms with Gasteiger partial charge < -0.3 is 20.1 Å². The van der Waals surface area contributed by atoms with Crippen molar-refractivity contribution in [2.75, 3.05) is 0 Å². The molecule has 0 rings (SSSR count). The van der Waals surface area contributed by atoms with E-state index in [1.54, 1.807) is 0 Å². The van der Waals surface area contributed by atoms with Crippen molar-refractivity contribution >= 4 is 14.2 Å². The molecule has 0 fully saturated rings. The minimum atomic E-state index is -1.13. The summed E-state index contributed by atoms with van der Waals surface area (Å²) in [7, 11) is -2.26. The molecule has 0 unspecified atom stereocenters. The lowest BCUT2D eigenvalue weighted by Gasteiger charge is -2.03. The molecule has 6 heteroatoms. The summed E-state index contributed by atoms with van der Waals surface area (Å²) < 4.78 is 0. The number of hydrogen-bond donors (Lipinski definition) is 4. The zero-order valence-electron chi connectivity index (χ0n) is 12.1. The van der Waals surface area contributed by atoms with Gasteiger partial charge >= 0.3 is 14.2 Å². The van der Waals surface area contributed by atoms with Crippen molar-refractivity contribution in [1.29, 1.82) is 0 Å². The highest BCUT2D eigenvalue weighted by Gasteiger charge is 2.05. The summed E-state index contributed by atoms with van der Waals surface area (Å²) in [6, 6.07) is 0. The van der Waals surface area contributed by atoms with Crippen LogP contribution in [0.1, 0.15) is 70.6 Å². The van der Waals surface area contributed by atoms with Gasteiger partial charge in [-0.1, -0.05) is 70.6 Å². The summed E-state index contributed by atoms with van der Waals surface area (Å²) in [6.45, 7) is 0. The van der Waals surface area contributed by atoms with Crippen LogP contribution >= 0.6 is 0 Å². The summed E-state index contributed by atoms with van der Waals surface area (Å²) in [5.41, 5.74) is 0. The van der Waals surface area contributed by atoms with Crippen LogP contribution in [0.25, 0.3) is 0 Å². The van der Waals surface area contributed by atoms with Crippen LogP contribution in [0, 0.1) is 0 Å². The molecule has 19 heavy (non-hydrogen) atoms. The van der Waals surface area contributed by atoms with Crippen molar-refractivity contribution in [3.63, 3.8) is 0 Å². The maximum absolute atomic E-state index is 8.67. The van der Waals surface area contributed by atoms with E-state index in [-0.39, 0.29) is 0 Å². The third kappa shape index (κ3) is 18.0. The van der Waals surface area contributed by atoms with Gasteiger partial charge in [0.1, 0.15) is 0 Å². The zero-order chi connectivity index (χ0) is 14.3. The molecule has 0 aromatic carbocycles. The molecule has 0 saturated carbocycles. The Kier molecular flexibility index (Phi) is 14.4. The van der Waals surface area contributed by atoms with Crippen molar-refractivity contribution in [3.05, 3.63) is 0 Å². The van der Waals surface area contributed by atoms with Gasteiger partial charge in [0, 0.05) is 0 Å². The smallest absolute Gasteiger partial charge is 0.427 e. The van der Waals surface area contributed by atoms with Crippen LogP contribution in [0.3, 0.4) is 0 Å². The molecule has 112 valence electrons. The predicted octanol–water partition coefficient (Wildman–Crippen LogP) is 2.22. The fourth-order valence-electron chi connectivity index (χ4n) is 2.24. The Bertz CT molecular complexity index is 162. The maximum atomic E-state index is 8.67. The molecule has 0 spiro atoms. The first-order valence-electron chi connectivity index (χ1n) is 7.85. The third-order valence-electron chi connectivity index (χ3n) is 3.42. The first-order chi connectivity index (χ1) is 9.13. The fraction of sp³-hybridized carbons (Fsp3) is 1.00. The zero-order valence-corrected chi connectivity index (χ0v) is 12.1. The standard InChI is InChI=1S/C13H30B2O4/c16-14(17)12-10-8-6-4-2-1-3-5-7-9-11-13-15(18)19/h16-19H,1-13H2. The Morgan fingerprint density at radius 2 is 0.579 bits per heavy atom. The Balaban J connectivity index is 2.95. The lowest BCUT2D eigenvalue weighted by Crippen LogP contribution is -2.09. The van der Waals surface area contributed by atoms with Gasteiger partial charge in [0.15, 0.2) is 0 Å². The van der Waals surface area contributed by atoms with Crippen LogP contribution in [-0.4, -0.2) is 34.3 Å². The van der Waals surface area contributed by atoms with E-state index in [1.807, 2.05) is 0 Å². The second-order valence-corrected chi connectivity index (χ2v) is 5.43. The summed E-state index contributed by atoms with van der Waals surface area (Å²) in [5, 5.41) is 34.7. The van der Waals surface area contributed by atoms with E-state index in [4.69, 9.17) is 20.1 Å². The van der Waals surface area contributed by atoms with E-state index in [9.17, 15) is 0 Å². The van der Waals surface area contributed by atoms with E-state index in [2.05, 4.69) is 0 Å². The largest absolute Gasteiger partial charge is 0.451 e. The monoisotopic (exact) mass is 272 g/mol. The average molecular weight is 272 g/mol. The molecule has 0 atom stereocenters. The summed E-state index contributed by atoms with van der Waals surface area (Å²) in [4.78, 5) is 0. The molecular formula is C13H30B2O4. The van der Waals surface area contributed by atoms with Crippen LogP contribution in [0.4, 0.5) is 0 Å². The molecule has 0 saturated heterocycles. The van der Waals surface area contributed by atoms with Crippen molar-refractivity contribution in [3.8, 4) is 0 Å². The maximum Gasteiger partial charge on any atom is 0.451 e. The Labute approximate surface area is 118 Å². The quantitative estimate of drug-likeness (QED) is 0.289. The number of unbranched alkanes of at least 4 members (excludes halogenated alkanes) is 10. The molecule has 0 aliphatic carbocycles. The molecule has 0 aliphatic heterocycles. The van der Waals surface area contributed by atoms with Gasteiger partial charge in [-0.3, -0.25) is 0 Å². The minimum Gasteiger partial charge on any atom is -0.427 e. The van der Waals surface area contributed by atoms with Crippen molar-refractivity contribution < 1.29 is 20.1 Å². The van der Waals surface area contributed by atoms with Crippen LogP contribution in [0.2, 0.25) is 12.6 Å². The second kappa shape index (κ2) is 14.4. The summed E-state index contributed by atoms with van der Waals surface area (Å²) in [5.74, 6) is 0. The molecule has 0 aromatic rings. The number of hydrogen-bond acceptors (Lipinski definition) is 4. The van der Waals surface area contributed by atoms with Gasteiger partial charge in [0.25, 0.3) is 0 Å². The highest BCUT2D eigenvalue weighted by atomic mass is 16.4. The minimum absolute atomic E-state index is 0.503. The van der Waals surface area contributed by atoms with Gasteiger partial charge in [-0.25, -0.2) is 0 Å². The van der Waals surface area contributed by atoms with E-state index < -0.39 is 14.2 Å². The van der Waals surface area contributed by atoms with Crippen molar-refractivity contribution in [1.82, 2.24) is 0 Å². The highest BCUT2D eigenvalue weighted by molar-refractivity contribution is 6.41. The van der Waals surface area contributed by atoms with Gasteiger partial charge in [-0.2, -0.15) is 0 Å². The van der Waals surface area contributed by atoms with Gasteiger partial charge in [0.05, 0.1) is 0 Å². The average Bonchev–Trinajstić information content (AvgIpc) is 2.34. The van der Waals surface area contributed by atoms with Crippen LogP contribution in [0.15, 0.2) is 0 Å². The molecular weight excluding hydrogens is 242 g/mol. The molecule has 0 radical (unpaired) electrons. The van der Waals surface area contributed by atoms with Crippen LogP contribution in [-0.2, 0) is 0 Å². The second-order valence-electron chi connectivity index (χ2n) is 5.43. The molecule has 0 aromatic heterocycles. The SMILES string of the molecule is OB(O)CCCCCCCCCCCCCB(O)O. The van der Waals surface area contributed by atoms with E-state index in [0.29, 0.717) is 12.6 Å². The molecule has 0 bridgehead atoms. The molecule has 4 nitrogen and oxygen atoms in total. The fourth-order valence-corrected chi connectivity index (χ4v) is 2.24. The first-order valence-corrected chi connectivity index (χ1v) is 7.85. The van der Waals surface area contributed by atoms with Gasteiger partial charge in [0.2, 0.25) is 0 Å². The van der Waals surface area contributed by atoms with E-state index >= 15 is 0 Å². The lowest BCUT2D eigenvalue weighted by molar-refractivity contribution is 0.400. The van der Waals surface area contributed by atoms with Crippen molar-refractivity contribution in [2.45, 2.75) is 83.3 Å². The van der Waals surface area contributed by atoms with Gasteiger partial charge in [-0.15, -0.1) is 0 Å². The van der Waals surface area contributed by atoms with Crippen LogP contribution < -0.4 is 0 Å². The molecule has 0 heterocycles. The normalized spacial score (nSPS) is 10.7. The number of rotatable bonds is 14. The van der Waals surface area contributed by atoms with E-state index in [1.165, 1.54) is 44.9 Å². The summed E-state index contributed by atoms with van der Waals surface area (Å²) >= 11 is 0. The predicted molar refractivity (Wildman–Crippen MR) is 80.8 cm³/mol.